The molecule has 1 aliphatic rings. The van der Waals surface area contributed by atoms with Crippen LogP contribution in [-0.4, -0.2) is 47.6 Å². The van der Waals surface area contributed by atoms with Gasteiger partial charge in [-0.3, -0.25) is 14.6 Å². The number of aromatic nitrogens is 1. The molecule has 3 aromatic rings. The molecule has 1 fully saturated rings. The van der Waals surface area contributed by atoms with E-state index in [9.17, 15) is 9.59 Å². The van der Waals surface area contributed by atoms with Gasteiger partial charge < -0.3 is 14.4 Å². The Morgan fingerprint density at radius 2 is 1.97 bits per heavy atom. The average molecular weight is 461 g/mol. The predicted octanol–water partition coefficient (Wildman–Crippen LogP) is 5.17. The number of aryl methyl sites for hydroxylation is 1. The number of amides is 1. The van der Waals surface area contributed by atoms with Gasteiger partial charge in [-0.05, 0) is 74.4 Å². The average Bonchev–Trinajstić information content (AvgIpc) is 2.83. The Bertz CT molecular complexity index is 1180. The quantitative estimate of drug-likeness (QED) is 0.455. The first-order valence-corrected chi connectivity index (χ1v) is 12.0. The number of rotatable bonds is 7. The van der Waals surface area contributed by atoms with Gasteiger partial charge in [0.25, 0.3) is 5.91 Å². The molecule has 0 radical (unpaired) electrons. The number of carbonyl (C=O) groups excluding carboxylic acids is 2. The molecule has 0 spiro atoms. The molecule has 4 rings (SSSR count). The number of esters is 1. The highest BCUT2D eigenvalue weighted by molar-refractivity contribution is 5.95. The lowest BCUT2D eigenvalue weighted by Crippen LogP contribution is -2.46. The van der Waals surface area contributed by atoms with Crippen molar-refractivity contribution in [1.29, 1.82) is 0 Å². The second-order valence-corrected chi connectivity index (χ2v) is 8.91. The Hall–Kier alpha value is -3.41. The number of nitrogens with zero attached hydrogens (tertiary/aromatic N) is 2. The topological polar surface area (TPSA) is 68.7 Å². The molecule has 2 atom stereocenters. The Morgan fingerprint density at radius 3 is 2.76 bits per heavy atom. The number of ether oxygens (including phenoxy) is 2. The van der Waals surface area contributed by atoms with Crippen molar-refractivity contribution in [2.75, 3.05) is 19.7 Å². The molecule has 0 bridgehead atoms. The lowest BCUT2D eigenvalue weighted by Gasteiger charge is -2.34. The molecular formula is C28H32N2O4. The molecule has 0 N–H and O–H groups in total. The summed E-state index contributed by atoms with van der Waals surface area (Å²) in [5.41, 5.74) is 4.33. The van der Waals surface area contributed by atoms with Crippen LogP contribution in [0.2, 0.25) is 0 Å². The van der Waals surface area contributed by atoms with E-state index in [4.69, 9.17) is 9.47 Å². The Labute approximate surface area is 200 Å². The van der Waals surface area contributed by atoms with Gasteiger partial charge in [-0.15, -0.1) is 0 Å². The molecule has 1 saturated heterocycles. The first-order valence-electron chi connectivity index (χ1n) is 12.0. The molecule has 34 heavy (non-hydrogen) atoms. The van der Waals surface area contributed by atoms with E-state index in [0.717, 1.165) is 29.3 Å². The van der Waals surface area contributed by atoms with E-state index in [-0.39, 0.29) is 17.8 Å². The molecule has 1 amide bonds. The van der Waals surface area contributed by atoms with Gasteiger partial charge in [0, 0.05) is 30.7 Å². The molecule has 2 aromatic carbocycles. The minimum absolute atomic E-state index is 0.0599. The van der Waals surface area contributed by atoms with E-state index in [1.165, 1.54) is 11.1 Å². The SMILES string of the molecule is CCOC(=O)C[C@H]1CCCN(C(=O)[C@@H](C)Oc2ccc3c(-c4ccccc4C)ccnc3c2)C1. The van der Waals surface area contributed by atoms with E-state index in [1.807, 2.05) is 41.3 Å². The van der Waals surface area contributed by atoms with Crippen LogP contribution in [0.5, 0.6) is 5.75 Å². The van der Waals surface area contributed by atoms with Crippen molar-refractivity contribution in [3.8, 4) is 16.9 Å². The first-order chi connectivity index (χ1) is 16.5. The van der Waals surface area contributed by atoms with Crippen molar-refractivity contribution in [2.24, 2.45) is 5.92 Å². The zero-order valence-corrected chi connectivity index (χ0v) is 20.1. The number of fused-ring (bicyclic) bond motifs is 1. The molecule has 6 nitrogen and oxygen atoms in total. The van der Waals surface area contributed by atoms with E-state index < -0.39 is 6.10 Å². The van der Waals surface area contributed by atoms with E-state index >= 15 is 0 Å². The molecule has 1 aromatic heterocycles. The summed E-state index contributed by atoms with van der Waals surface area (Å²) in [5.74, 6) is 0.492. The van der Waals surface area contributed by atoms with Gasteiger partial charge in [0.1, 0.15) is 5.75 Å². The predicted molar refractivity (Wildman–Crippen MR) is 133 cm³/mol. The molecule has 0 unspecified atom stereocenters. The van der Waals surface area contributed by atoms with Gasteiger partial charge in [-0.2, -0.15) is 0 Å². The second kappa shape index (κ2) is 10.7. The summed E-state index contributed by atoms with van der Waals surface area (Å²) in [5, 5.41) is 1.04. The number of likely N-dealkylation sites (tertiary alicyclic amines) is 1. The third-order valence-electron chi connectivity index (χ3n) is 6.40. The molecule has 2 heterocycles. The smallest absolute Gasteiger partial charge is 0.306 e. The van der Waals surface area contributed by atoms with Gasteiger partial charge in [0.05, 0.1) is 18.5 Å². The molecule has 1 aliphatic heterocycles. The van der Waals surface area contributed by atoms with Crippen LogP contribution in [0.25, 0.3) is 22.0 Å². The minimum atomic E-state index is -0.627. The maximum atomic E-state index is 13.1. The summed E-state index contributed by atoms with van der Waals surface area (Å²) in [4.78, 5) is 31.3. The third kappa shape index (κ3) is 5.38. The Kier molecular flexibility index (Phi) is 7.46. The summed E-state index contributed by atoms with van der Waals surface area (Å²) >= 11 is 0. The molecule has 0 saturated carbocycles. The highest BCUT2D eigenvalue weighted by atomic mass is 16.5. The number of benzene rings is 2. The summed E-state index contributed by atoms with van der Waals surface area (Å²) in [6.07, 6.45) is 3.34. The molecule has 0 aliphatic carbocycles. The van der Waals surface area contributed by atoms with Crippen LogP contribution in [0.15, 0.2) is 54.7 Å². The number of piperidine rings is 1. The molecular weight excluding hydrogens is 428 g/mol. The number of hydrogen-bond acceptors (Lipinski definition) is 5. The van der Waals surface area contributed by atoms with Crippen LogP contribution in [-0.2, 0) is 14.3 Å². The number of carbonyl (C=O) groups is 2. The first kappa shape index (κ1) is 23.7. The van der Waals surface area contributed by atoms with Crippen LogP contribution in [0.4, 0.5) is 0 Å². The largest absolute Gasteiger partial charge is 0.481 e. The fourth-order valence-corrected chi connectivity index (χ4v) is 4.71. The standard InChI is InChI=1S/C28H32N2O4/c1-4-33-27(31)16-21-9-7-15-30(18-21)28(32)20(3)34-22-11-12-25-24(13-14-29-26(25)17-22)23-10-6-5-8-19(23)2/h5-6,8,10-14,17,20-21H,4,7,9,15-16,18H2,1-3H3/t20-,21-/m1/s1. The highest BCUT2D eigenvalue weighted by Crippen LogP contribution is 2.32. The summed E-state index contributed by atoms with van der Waals surface area (Å²) in [6, 6.07) is 16.1. The second-order valence-electron chi connectivity index (χ2n) is 8.91. The van der Waals surface area contributed by atoms with Gasteiger partial charge in [-0.25, -0.2) is 0 Å². The molecule has 178 valence electrons. The normalized spacial score (nSPS) is 16.8. The van der Waals surface area contributed by atoms with Crippen LogP contribution in [0, 0.1) is 12.8 Å². The van der Waals surface area contributed by atoms with Gasteiger partial charge in [0.2, 0.25) is 0 Å². The van der Waals surface area contributed by atoms with Crippen LogP contribution < -0.4 is 4.74 Å². The van der Waals surface area contributed by atoms with Crippen LogP contribution in [0.1, 0.15) is 38.7 Å². The monoisotopic (exact) mass is 460 g/mol. The summed E-state index contributed by atoms with van der Waals surface area (Å²) < 4.78 is 11.1. The van der Waals surface area contributed by atoms with E-state index in [0.29, 0.717) is 31.9 Å². The van der Waals surface area contributed by atoms with Gasteiger partial charge in [-0.1, -0.05) is 24.3 Å². The van der Waals surface area contributed by atoms with Crippen LogP contribution >= 0.6 is 0 Å². The lowest BCUT2D eigenvalue weighted by molar-refractivity contribution is -0.147. The van der Waals surface area contributed by atoms with E-state index in [2.05, 4.69) is 24.0 Å². The summed E-state index contributed by atoms with van der Waals surface area (Å²) in [7, 11) is 0. The van der Waals surface area contributed by atoms with Crippen molar-refractivity contribution >= 4 is 22.8 Å². The van der Waals surface area contributed by atoms with Crippen molar-refractivity contribution in [3.05, 3.63) is 60.3 Å². The zero-order valence-electron chi connectivity index (χ0n) is 20.1. The lowest BCUT2D eigenvalue weighted by atomic mass is 9.94. The molecule has 6 heteroatoms. The van der Waals surface area contributed by atoms with E-state index in [1.54, 1.807) is 20.0 Å². The minimum Gasteiger partial charge on any atom is -0.481 e. The summed E-state index contributed by atoms with van der Waals surface area (Å²) in [6.45, 7) is 7.31. The fourth-order valence-electron chi connectivity index (χ4n) is 4.71. The van der Waals surface area contributed by atoms with Crippen molar-refractivity contribution in [2.45, 2.75) is 46.1 Å². The van der Waals surface area contributed by atoms with Gasteiger partial charge >= 0.3 is 5.97 Å². The maximum Gasteiger partial charge on any atom is 0.306 e. The third-order valence-corrected chi connectivity index (χ3v) is 6.40. The van der Waals surface area contributed by atoms with Crippen molar-refractivity contribution in [1.82, 2.24) is 9.88 Å². The number of pyridine rings is 1. The van der Waals surface area contributed by atoms with Gasteiger partial charge in [0.15, 0.2) is 6.10 Å². The highest BCUT2D eigenvalue weighted by Gasteiger charge is 2.29. The Morgan fingerprint density at radius 1 is 1.15 bits per heavy atom. The van der Waals surface area contributed by atoms with Crippen LogP contribution in [0.3, 0.4) is 0 Å². The van der Waals surface area contributed by atoms with Crippen molar-refractivity contribution in [3.63, 3.8) is 0 Å². The maximum absolute atomic E-state index is 13.1. The Balaban J connectivity index is 1.45. The van der Waals surface area contributed by atoms with Crippen molar-refractivity contribution < 1.29 is 19.1 Å². The number of hydrogen-bond donors (Lipinski definition) is 0. The zero-order chi connectivity index (χ0) is 24.1. The fraction of sp³-hybridized carbons (Fsp3) is 0.393.